The Labute approximate surface area is 109 Å². The van der Waals surface area contributed by atoms with Crippen LogP contribution < -0.4 is 11.1 Å². The van der Waals surface area contributed by atoms with Gasteiger partial charge in [-0.15, -0.1) is 0 Å². The van der Waals surface area contributed by atoms with Crippen molar-refractivity contribution in [3.05, 3.63) is 59.4 Å². The van der Waals surface area contributed by atoms with Gasteiger partial charge in [0.15, 0.2) is 0 Å². The number of nitrogens with two attached hydrogens (primary N) is 1. The van der Waals surface area contributed by atoms with E-state index in [9.17, 15) is 9.18 Å². The Morgan fingerprint density at radius 3 is 2.68 bits per heavy atom. The highest BCUT2D eigenvalue weighted by Crippen LogP contribution is 2.19. The third-order valence-electron chi connectivity index (χ3n) is 2.68. The van der Waals surface area contributed by atoms with Crippen molar-refractivity contribution in [2.45, 2.75) is 6.54 Å². The van der Waals surface area contributed by atoms with Gasteiger partial charge in [0.25, 0.3) is 5.91 Å². The number of rotatable bonds is 3. The standard InChI is InChI=1S/C14H13FN2O2/c15-12-7-10(18)5-6-11(12)14(19)17-13-4-2-1-3-9(13)8-16/h1-7,18H,8,16H2,(H,17,19). The lowest BCUT2D eigenvalue weighted by atomic mass is 10.1. The molecule has 2 rings (SSSR count). The van der Waals surface area contributed by atoms with Crippen molar-refractivity contribution < 1.29 is 14.3 Å². The number of nitrogens with one attached hydrogen (secondary N) is 1. The number of halogens is 1. The van der Waals surface area contributed by atoms with Crippen molar-refractivity contribution >= 4 is 11.6 Å². The fourth-order valence-corrected chi connectivity index (χ4v) is 1.70. The molecular formula is C14H13FN2O2. The molecule has 0 atom stereocenters. The molecule has 0 bridgehead atoms. The fraction of sp³-hybridized carbons (Fsp3) is 0.0714. The number of hydrogen-bond acceptors (Lipinski definition) is 3. The number of amides is 1. The summed E-state index contributed by atoms with van der Waals surface area (Å²) in [5.41, 5.74) is 6.73. The molecule has 2 aromatic rings. The van der Waals surface area contributed by atoms with Crippen LogP contribution in [0, 0.1) is 5.82 Å². The van der Waals surface area contributed by atoms with E-state index in [0.717, 1.165) is 11.6 Å². The summed E-state index contributed by atoms with van der Waals surface area (Å²) >= 11 is 0. The fourth-order valence-electron chi connectivity index (χ4n) is 1.70. The zero-order valence-corrected chi connectivity index (χ0v) is 10.1. The summed E-state index contributed by atoms with van der Waals surface area (Å²) in [4.78, 5) is 11.9. The van der Waals surface area contributed by atoms with E-state index in [4.69, 9.17) is 10.8 Å². The Hall–Kier alpha value is -2.40. The molecular weight excluding hydrogens is 247 g/mol. The van der Waals surface area contributed by atoms with Gasteiger partial charge in [-0.1, -0.05) is 18.2 Å². The molecule has 0 aliphatic rings. The summed E-state index contributed by atoms with van der Waals surface area (Å²) in [7, 11) is 0. The van der Waals surface area contributed by atoms with Crippen molar-refractivity contribution in [3.63, 3.8) is 0 Å². The largest absolute Gasteiger partial charge is 0.508 e. The number of carbonyl (C=O) groups is 1. The van der Waals surface area contributed by atoms with Crippen molar-refractivity contribution in [1.29, 1.82) is 0 Å². The minimum absolute atomic E-state index is 0.135. The number of benzene rings is 2. The molecule has 0 fully saturated rings. The van der Waals surface area contributed by atoms with E-state index in [1.165, 1.54) is 12.1 Å². The summed E-state index contributed by atoms with van der Waals surface area (Å²) in [6.07, 6.45) is 0. The van der Waals surface area contributed by atoms with E-state index in [0.29, 0.717) is 5.69 Å². The molecule has 0 radical (unpaired) electrons. The maximum atomic E-state index is 13.5. The van der Waals surface area contributed by atoms with Gasteiger partial charge < -0.3 is 16.2 Å². The molecule has 0 saturated heterocycles. The minimum atomic E-state index is -0.775. The molecule has 0 aliphatic heterocycles. The van der Waals surface area contributed by atoms with E-state index in [1.807, 2.05) is 0 Å². The molecule has 2 aromatic carbocycles. The predicted molar refractivity (Wildman–Crippen MR) is 70.4 cm³/mol. The van der Waals surface area contributed by atoms with Crippen LogP contribution in [0.1, 0.15) is 15.9 Å². The molecule has 4 N–H and O–H groups in total. The Bertz CT molecular complexity index is 614. The quantitative estimate of drug-likeness (QED) is 0.792. The highest BCUT2D eigenvalue weighted by atomic mass is 19.1. The first-order valence-corrected chi connectivity index (χ1v) is 5.69. The van der Waals surface area contributed by atoms with E-state index in [2.05, 4.69) is 5.32 Å². The third kappa shape index (κ3) is 2.89. The molecule has 0 aliphatic carbocycles. The second kappa shape index (κ2) is 5.49. The van der Waals surface area contributed by atoms with E-state index in [1.54, 1.807) is 24.3 Å². The van der Waals surface area contributed by atoms with Gasteiger partial charge in [0, 0.05) is 18.3 Å². The molecule has 0 spiro atoms. The topological polar surface area (TPSA) is 75.3 Å². The summed E-state index contributed by atoms with van der Waals surface area (Å²) in [6, 6.07) is 10.4. The van der Waals surface area contributed by atoms with Crippen molar-refractivity contribution in [2.24, 2.45) is 5.73 Å². The lowest BCUT2D eigenvalue weighted by Crippen LogP contribution is -2.15. The van der Waals surface area contributed by atoms with Gasteiger partial charge in [-0.25, -0.2) is 4.39 Å². The predicted octanol–water partition coefficient (Wildman–Crippen LogP) is 2.24. The number of anilines is 1. The molecule has 0 unspecified atom stereocenters. The van der Waals surface area contributed by atoms with Crippen molar-refractivity contribution in [3.8, 4) is 5.75 Å². The second-order valence-corrected chi connectivity index (χ2v) is 3.98. The molecule has 5 heteroatoms. The van der Waals surface area contributed by atoms with Crippen LogP contribution in [0.2, 0.25) is 0 Å². The van der Waals surface area contributed by atoms with Gasteiger partial charge in [-0.05, 0) is 23.8 Å². The number of aromatic hydroxyl groups is 1. The number of hydrogen-bond donors (Lipinski definition) is 3. The van der Waals surface area contributed by atoms with Crippen LogP contribution >= 0.6 is 0 Å². The average Bonchev–Trinajstić information content (AvgIpc) is 2.39. The lowest BCUT2D eigenvalue weighted by Gasteiger charge is -2.10. The number of carbonyl (C=O) groups excluding carboxylic acids is 1. The van der Waals surface area contributed by atoms with Crippen LogP contribution in [0.3, 0.4) is 0 Å². The first-order chi connectivity index (χ1) is 9.11. The monoisotopic (exact) mass is 260 g/mol. The maximum Gasteiger partial charge on any atom is 0.258 e. The molecule has 0 aromatic heterocycles. The third-order valence-corrected chi connectivity index (χ3v) is 2.68. The second-order valence-electron chi connectivity index (χ2n) is 3.98. The van der Waals surface area contributed by atoms with Crippen molar-refractivity contribution in [2.75, 3.05) is 5.32 Å². The van der Waals surface area contributed by atoms with E-state index < -0.39 is 11.7 Å². The number of phenols is 1. The highest BCUT2D eigenvalue weighted by Gasteiger charge is 2.13. The van der Waals surface area contributed by atoms with Gasteiger partial charge in [-0.2, -0.15) is 0 Å². The van der Waals surface area contributed by atoms with Gasteiger partial charge in [0.05, 0.1) is 5.56 Å². The molecule has 1 amide bonds. The smallest absolute Gasteiger partial charge is 0.258 e. The van der Waals surface area contributed by atoms with Gasteiger partial charge in [-0.3, -0.25) is 4.79 Å². The molecule has 4 nitrogen and oxygen atoms in total. The van der Waals surface area contributed by atoms with Gasteiger partial charge in [0.2, 0.25) is 0 Å². The van der Waals surface area contributed by atoms with Crippen LogP contribution in [0.4, 0.5) is 10.1 Å². The Kier molecular flexibility index (Phi) is 3.77. The zero-order chi connectivity index (χ0) is 13.8. The van der Waals surface area contributed by atoms with Gasteiger partial charge >= 0.3 is 0 Å². The Morgan fingerprint density at radius 2 is 2.00 bits per heavy atom. The lowest BCUT2D eigenvalue weighted by molar-refractivity contribution is 0.102. The number of phenolic OH excluding ortho intramolecular Hbond substituents is 1. The highest BCUT2D eigenvalue weighted by molar-refractivity contribution is 6.04. The van der Waals surface area contributed by atoms with E-state index >= 15 is 0 Å². The molecule has 0 heterocycles. The first-order valence-electron chi connectivity index (χ1n) is 5.69. The van der Waals surface area contributed by atoms with Crippen LogP contribution in [0.5, 0.6) is 5.75 Å². The van der Waals surface area contributed by atoms with Crippen LogP contribution in [0.15, 0.2) is 42.5 Å². The van der Waals surface area contributed by atoms with Gasteiger partial charge in [0.1, 0.15) is 11.6 Å². The SMILES string of the molecule is NCc1ccccc1NC(=O)c1ccc(O)cc1F. The van der Waals surface area contributed by atoms with E-state index in [-0.39, 0.29) is 17.9 Å². The summed E-state index contributed by atoms with van der Waals surface area (Å²) < 4.78 is 13.5. The average molecular weight is 260 g/mol. The van der Waals surface area contributed by atoms with Crippen LogP contribution in [-0.4, -0.2) is 11.0 Å². The summed E-state index contributed by atoms with van der Waals surface area (Å²) in [5.74, 6) is -1.59. The molecule has 19 heavy (non-hydrogen) atoms. The van der Waals surface area contributed by atoms with Crippen molar-refractivity contribution in [1.82, 2.24) is 0 Å². The number of para-hydroxylation sites is 1. The Morgan fingerprint density at radius 1 is 1.26 bits per heavy atom. The zero-order valence-electron chi connectivity index (χ0n) is 10.1. The maximum absolute atomic E-state index is 13.5. The minimum Gasteiger partial charge on any atom is -0.508 e. The van der Waals surface area contributed by atoms with Crippen LogP contribution in [-0.2, 0) is 6.54 Å². The molecule has 98 valence electrons. The summed E-state index contributed by atoms with van der Waals surface area (Å²) in [6.45, 7) is 0.272. The first kappa shape index (κ1) is 13.0. The Balaban J connectivity index is 2.26. The summed E-state index contributed by atoms with van der Waals surface area (Å²) in [5, 5.41) is 11.7. The van der Waals surface area contributed by atoms with Crippen LogP contribution in [0.25, 0.3) is 0 Å². The molecule has 0 saturated carbocycles. The normalized spacial score (nSPS) is 10.2.